The zero-order valence-electron chi connectivity index (χ0n) is 22.5. The molecule has 5 rings (SSSR count). The Morgan fingerprint density at radius 3 is 2.49 bits per heavy atom. The molecule has 1 saturated heterocycles. The summed E-state index contributed by atoms with van der Waals surface area (Å²) in [5, 5.41) is 16.8. The molecule has 0 atom stereocenters. The lowest BCUT2D eigenvalue weighted by Gasteiger charge is -2.38. The smallest absolute Gasteiger partial charge is 0.224 e. The molecule has 0 bridgehead atoms. The fourth-order valence-corrected chi connectivity index (χ4v) is 5.24. The van der Waals surface area contributed by atoms with Crippen molar-refractivity contribution in [1.82, 2.24) is 14.8 Å². The number of rotatable bonds is 8. The minimum Gasteiger partial charge on any atom is -0.508 e. The number of primary amides is 1. The number of ether oxygens (including phenoxy) is 1. The summed E-state index contributed by atoms with van der Waals surface area (Å²) in [5.41, 5.74) is 9.21. The molecular formula is C30H34ClN5O3. The van der Waals surface area contributed by atoms with E-state index in [1.165, 1.54) is 0 Å². The van der Waals surface area contributed by atoms with Gasteiger partial charge in [-0.25, -0.2) is 4.98 Å². The second-order valence-corrected chi connectivity index (χ2v) is 11.2. The molecule has 1 aliphatic heterocycles. The number of aromatic nitrogens is 1. The molecule has 1 aliphatic rings. The maximum absolute atomic E-state index is 11.7. The minimum atomic E-state index is -0.558. The van der Waals surface area contributed by atoms with E-state index in [2.05, 4.69) is 15.1 Å². The van der Waals surface area contributed by atoms with Gasteiger partial charge in [-0.2, -0.15) is 0 Å². The molecule has 1 fully saturated rings. The second kappa shape index (κ2) is 10.9. The third-order valence-electron chi connectivity index (χ3n) is 7.44. The Hall–Kier alpha value is -3.59. The number of carbonyl (C=O) groups is 1. The van der Waals surface area contributed by atoms with Crippen molar-refractivity contribution in [1.29, 1.82) is 0 Å². The van der Waals surface area contributed by atoms with Crippen molar-refractivity contribution in [3.05, 3.63) is 65.2 Å². The van der Waals surface area contributed by atoms with Crippen LogP contribution in [0.15, 0.2) is 54.6 Å². The van der Waals surface area contributed by atoms with Crippen LogP contribution in [0.2, 0.25) is 5.02 Å². The lowest BCUT2D eigenvalue weighted by Crippen LogP contribution is -2.51. The van der Waals surface area contributed by atoms with Crippen LogP contribution in [0.5, 0.6) is 11.5 Å². The number of anilines is 2. The van der Waals surface area contributed by atoms with Crippen LogP contribution in [0.1, 0.15) is 19.4 Å². The summed E-state index contributed by atoms with van der Waals surface area (Å²) >= 11 is 6.28. The van der Waals surface area contributed by atoms with E-state index in [-0.39, 0.29) is 11.7 Å². The number of phenols is 1. The SMILES string of the molecule is COc1ccc2nc3cc(Cl)ccc3c(Nc3ccc(O)c(CN4CCN(CC(C)(C)C(N)=O)CC4)c3)c2c1. The van der Waals surface area contributed by atoms with Gasteiger partial charge in [-0.05, 0) is 68.4 Å². The molecule has 2 heterocycles. The fraction of sp³-hybridized carbons (Fsp3) is 0.333. The summed E-state index contributed by atoms with van der Waals surface area (Å²) in [6.07, 6.45) is 0. The number of carbonyl (C=O) groups excluding carboxylic acids is 1. The zero-order valence-corrected chi connectivity index (χ0v) is 23.3. The molecule has 0 spiro atoms. The number of phenolic OH excluding ortho intramolecular Hbond substituents is 1. The summed E-state index contributed by atoms with van der Waals surface area (Å²) < 4.78 is 5.48. The van der Waals surface area contributed by atoms with Gasteiger partial charge in [0, 0.05) is 66.3 Å². The standard InChI is InChI=1S/C30H34ClN5O3/c1-30(2,29(32)38)18-36-12-10-35(11-13-36)17-19-14-21(5-9-27(19)37)33-28-23-7-4-20(31)15-26(23)34-25-8-6-22(39-3)16-24(25)28/h4-9,14-16,37H,10-13,17-18H2,1-3H3,(H2,32,38)(H,33,34). The molecule has 1 amide bonds. The number of halogens is 1. The number of piperazine rings is 1. The molecule has 4 aromatic rings. The van der Waals surface area contributed by atoms with E-state index in [4.69, 9.17) is 27.1 Å². The Morgan fingerprint density at radius 1 is 1.03 bits per heavy atom. The van der Waals surface area contributed by atoms with Crippen molar-refractivity contribution in [2.45, 2.75) is 20.4 Å². The maximum Gasteiger partial charge on any atom is 0.224 e. The second-order valence-electron chi connectivity index (χ2n) is 10.8. The van der Waals surface area contributed by atoms with Gasteiger partial charge in [0.25, 0.3) is 0 Å². The van der Waals surface area contributed by atoms with Crippen LogP contribution < -0.4 is 15.8 Å². The lowest BCUT2D eigenvalue weighted by atomic mass is 9.91. The molecular weight excluding hydrogens is 514 g/mol. The van der Waals surface area contributed by atoms with Crippen molar-refractivity contribution in [3.8, 4) is 11.5 Å². The van der Waals surface area contributed by atoms with E-state index in [0.717, 1.165) is 70.7 Å². The highest BCUT2D eigenvalue weighted by atomic mass is 35.5. The third kappa shape index (κ3) is 5.88. The van der Waals surface area contributed by atoms with Gasteiger partial charge >= 0.3 is 0 Å². The molecule has 204 valence electrons. The van der Waals surface area contributed by atoms with Crippen LogP contribution in [-0.4, -0.2) is 65.6 Å². The summed E-state index contributed by atoms with van der Waals surface area (Å²) in [6, 6.07) is 17.1. The summed E-state index contributed by atoms with van der Waals surface area (Å²) in [7, 11) is 1.65. The third-order valence-corrected chi connectivity index (χ3v) is 7.67. The molecule has 0 aliphatic carbocycles. The molecule has 0 radical (unpaired) electrons. The molecule has 1 aromatic heterocycles. The Bertz CT molecular complexity index is 1530. The van der Waals surface area contributed by atoms with Crippen LogP contribution in [-0.2, 0) is 11.3 Å². The predicted octanol–water partition coefficient (Wildman–Crippen LogP) is 5.13. The first kappa shape index (κ1) is 27.0. The Kier molecular flexibility index (Phi) is 7.53. The van der Waals surface area contributed by atoms with Crippen molar-refractivity contribution < 1.29 is 14.6 Å². The number of hydrogen-bond donors (Lipinski definition) is 3. The van der Waals surface area contributed by atoms with Crippen molar-refractivity contribution >= 4 is 50.7 Å². The number of methoxy groups -OCH3 is 1. The van der Waals surface area contributed by atoms with E-state index >= 15 is 0 Å². The van der Waals surface area contributed by atoms with Crippen molar-refractivity contribution in [3.63, 3.8) is 0 Å². The van der Waals surface area contributed by atoms with Gasteiger partial charge in [0.15, 0.2) is 0 Å². The number of pyridine rings is 1. The van der Waals surface area contributed by atoms with E-state index in [0.29, 0.717) is 18.1 Å². The quantitative estimate of drug-likeness (QED) is 0.207. The minimum absolute atomic E-state index is 0.260. The molecule has 0 saturated carbocycles. The molecule has 0 unspecified atom stereocenters. The molecule has 39 heavy (non-hydrogen) atoms. The Labute approximate surface area is 233 Å². The van der Waals surface area contributed by atoms with E-state index in [1.54, 1.807) is 13.2 Å². The number of aromatic hydroxyl groups is 1. The van der Waals surface area contributed by atoms with Crippen LogP contribution in [0.3, 0.4) is 0 Å². The average Bonchev–Trinajstić information content (AvgIpc) is 2.90. The Morgan fingerprint density at radius 2 is 1.77 bits per heavy atom. The first-order chi connectivity index (χ1) is 18.6. The van der Waals surface area contributed by atoms with Gasteiger partial charge in [-0.3, -0.25) is 14.6 Å². The van der Waals surface area contributed by atoms with Gasteiger partial charge < -0.3 is 20.9 Å². The highest BCUT2D eigenvalue weighted by Gasteiger charge is 2.29. The number of nitrogens with two attached hydrogens (primary N) is 1. The number of fused-ring (bicyclic) bond motifs is 2. The number of benzene rings is 3. The number of hydrogen-bond acceptors (Lipinski definition) is 7. The summed E-state index contributed by atoms with van der Waals surface area (Å²) in [5.74, 6) is 0.719. The van der Waals surface area contributed by atoms with Gasteiger partial charge in [0.2, 0.25) is 5.91 Å². The topological polar surface area (TPSA) is 104 Å². The highest BCUT2D eigenvalue weighted by molar-refractivity contribution is 6.31. The van der Waals surface area contributed by atoms with E-state index in [9.17, 15) is 9.90 Å². The molecule has 4 N–H and O–H groups in total. The first-order valence-electron chi connectivity index (χ1n) is 13.0. The van der Waals surface area contributed by atoms with Gasteiger partial charge in [0.1, 0.15) is 11.5 Å². The lowest BCUT2D eigenvalue weighted by molar-refractivity contribution is -0.127. The van der Waals surface area contributed by atoms with Crippen molar-refractivity contribution in [2.24, 2.45) is 11.1 Å². The largest absolute Gasteiger partial charge is 0.508 e. The fourth-order valence-electron chi connectivity index (χ4n) is 5.08. The molecule has 9 heteroatoms. The van der Waals surface area contributed by atoms with Gasteiger partial charge in [-0.15, -0.1) is 0 Å². The first-order valence-corrected chi connectivity index (χ1v) is 13.4. The number of amides is 1. The number of nitrogens with one attached hydrogen (secondary N) is 1. The molecule has 8 nitrogen and oxygen atoms in total. The van der Waals surface area contributed by atoms with Crippen molar-refractivity contribution in [2.75, 3.05) is 45.2 Å². The van der Waals surface area contributed by atoms with Gasteiger partial charge in [0.05, 0.1) is 29.2 Å². The summed E-state index contributed by atoms with van der Waals surface area (Å²) in [6.45, 7) is 8.40. The highest BCUT2D eigenvalue weighted by Crippen LogP contribution is 2.37. The molecule has 3 aromatic carbocycles. The van der Waals surface area contributed by atoms with Crippen LogP contribution >= 0.6 is 11.6 Å². The normalized spacial score (nSPS) is 15.1. The van der Waals surface area contributed by atoms with Crippen LogP contribution in [0.4, 0.5) is 11.4 Å². The monoisotopic (exact) mass is 547 g/mol. The predicted molar refractivity (Wildman–Crippen MR) is 157 cm³/mol. The zero-order chi connectivity index (χ0) is 27.7. The maximum atomic E-state index is 11.7. The van der Waals surface area contributed by atoms with Crippen LogP contribution in [0.25, 0.3) is 21.8 Å². The Balaban J connectivity index is 1.38. The van der Waals surface area contributed by atoms with Gasteiger partial charge in [-0.1, -0.05) is 11.6 Å². The van der Waals surface area contributed by atoms with Crippen LogP contribution in [0, 0.1) is 5.41 Å². The average molecular weight is 548 g/mol. The van der Waals surface area contributed by atoms with E-state index in [1.807, 2.05) is 62.4 Å². The van der Waals surface area contributed by atoms with E-state index < -0.39 is 5.41 Å². The number of nitrogens with zero attached hydrogens (tertiary/aromatic N) is 3. The summed E-state index contributed by atoms with van der Waals surface area (Å²) in [4.78, 5) is 21.1.